The molecule has 0 saturated heterocycles. The van der Waals surface area contributed by atoms with Gasteiger partial charge in [-0.3, -0.25) is 4.79 Å². The number of ketones is 1. The molecule has 0 saturated carbocycles. The number of allylic oxidation sites excluding steroid dienone is 1. The zero-order valence-electron chi connectivity index (χ0n) is 20.5. The van der Waals surface area contributed by atoms with Crippen molar-refractivity contribution in [3.63, 3.8) is 0 Å². The Kier molecular flexibility index (Phi) is 6.83. The van der Waals surface area contributed by atoms with Crippen molar-refractivity contribution in [3.8, 4) is 11.5 Å². The molecule has 0 amide bonds. The smallest absolute Gasteiger partial charge is 0.185 e. The molecular formula is C31H27NO3S. The van der Waals surface area contributed by atoms with E-state index in [0.717, 1.165) is 44.5 Å². The van der Waals surface area contributed by atoms with E-state index in [4.69, 9.17) is 9.47 Å². The Labute approximate surface area is 216 Å². The highest BCUT2D eigenvalue weighted by Gasteiger charge is 2.16. The predicted molar refractivity (Wildman–Crippen MR) is 147 cm³/mol. The van der Waals surface area contributed by atoms with E-state index in [0.29, 0.717) is 12.2 Å². The molecule has 36 heavy (non-hydrogen) atoms. The molecule has 0 aromatic heterocycles. The Morgan fingerprint density at radius 1 is 0.889 bits per heavy atom. The highest BCUT2D eigenvalue weighted by atomic mass is 32.2. The molecule has 0 spiro atoms. The second-order valence-corrected chi connectivity index (χ2v) is 9.77. The fourth-order valence-electron chi connectivity index (χ4n) is 4.11. The first-order valence-electron chi connectivity index (χ1n) is 11.8. The van der Waals surface area contributed by atoms with Crippen molar-refractivity contribution >= 4 is 35.0 Å². The van der Waals surface area contributed by atoms with Gasteiger partial charge in [0.15, 0.2) is 5.78 Å². The van der Waals surface area contributed by atoms with E-state index in [-0.39, 0.29) is 5.78 Å². The predicted octanol–water partition coefficient (Wildman–Crippen LogP) is 8.00. The van der Waals surface area contributed by atoms with Crippen molar-refractivity contribution in [1.29, 1.82) is 0 Å². The minimum absolute atomic E-state index is 0.0486. The van der Waals surface area contributed by atoms with Gasteiger partial charge in [0, 0.05) is 20.9 Å². The molecule has 0 fully saturated rings. The highest BCUT2D eigenvalue weighted by molar-refractivity contribution is 7.99. The van der Waals surface area contributed by atoms with Crippen molar-refractivity contribution in [3.05, 3.63) is 113 Å². The van der Waals surface area contributed by atoms with Crippen LogP contribution in [0.25, 0.3) is 6.08 Å². The third kappa shape index (κ3) is 5.02. The summed E-state index contributed by atoms with van der Waals surface area (Å²) >= 11 is 1.71. The molecule has 0 radical (unpaired) electrons. The molecule has 1 heterocycles. The molecule has 5 rings (SSSR count). The van der Waals surface area contributed by atoms with E-state index in [1.165, 1.54) is 10.5 Å². The number of fused-ring (bicyclic) bond motifs is 2. The minimum Gasteiger partial charge on any atom is -0.496 e. The second-order valence-electron chi connectivity index (χ2n) is 8.69. The molecule has 0 bridgehead atoms. The van der Waals surface area contributed by atoms with Gasteiger partial charge in [0.25, 0.3) is 0 Å². The average Bonchev–Trinajstić information content (AvgIpc) is 2.91. The van der Waals surface area contributed by atoms with Gasteiger partial charge in [-0.05, 0) is 85.1 Å². The van der Waals surface area contributed by atoms with E-state index in [1.807, 2.05) is 72.8 Å². The summed E-state index contributed by atoms with van der Waals surface area (Å²) in [4.78, 5) is 15.3. The summed E-state index contributed by atoms with van der Waals surface area (Å²) in [5.41, 5.74) is 6.79. The normalized spacial score (nSPS) is 12.0. The topological polar surface area (TPSA) is 47.6 Å². The molecule has 1 N–H and O–H groups in total. The molecular weight excluding hydrogens is 466 g/mol. The Morgan fingerprint density at radius 2 is 1.72 bits per heavy atom. The van der Waals surface area contributed by atoms with E-state index >= 15 is 0 Å². The lowest BCUT2D eigenvalue weighted by molar-refractivity contribution is 0.104. The number of anilines is 2. The first-order chi connectivity index (χ1) is 17.5. The van der Waals surface area contributed by atoms with Crippen LogP contribution in [0.5, 0.6) is 11.5 Å². The molecule has 0 aliphatic carbocycles. The lowest BCUT2D eigenvalue weighted by atomic mass is 10.1. The molecule has 4 aromatic rings. The van der Waals surface area contributed by atoms with E-state index < -0.39 is 0 Å². The van der Waals surface area contributed by atoms with Crippen LogP contribution in [0.4, 0.5) is 11.4 Å². The van der Waals surface area contributed by atoms with Gasteiger partial charge in [-0.15, -0.1) is 0 Å². The van der Waals surface area contributed by atoms with Gasteiger partial charge in [0.2, 0.25) is 0 Å². The van der Waals surface area contributed by atoms with Crippen molar-refractivity contribution in [1.82, 2.24) is 0 Å². The van der Waals surface area contributed by atoms with Gasteiger partial charge < -0.3 is 14.8 Å². The molecule has 0 unspecified atom stereocenters. The first-order valence-corrected chi connectivity index (χ1v) is 12.6. The van der Waals surface area contributed by atoms with Crippen molar-refractivity contribution in [2.24, 2.45) is 0 Å². The summed E-state index contributed by atoms with van der Waals surface area (Å²) in [6.07, 6.45) is 3.45. The maximum atomic E-state index is 13.0. The maximum absolute atomic E-state index is 13.0. The van der Waals surface area contributed by atoms with Crippen LogP contribution < -0.4 is 14.8 Å². The molecule has 1 aliphatic rings. The molecule has 0 atom stereocenters. The van der Waals surface area contributed by atoms with Crippen LogP contribution >= 0.6 is 11.8 Å². The van der Waals surface area contributed by atoms with Crippen molar-refractivity contribution < 1.29 is 14.3 Å². The van der Waals surface area contributed by atoms with Crippen molar-refractivity contribution in [2.45, 2.75) is 30.2 Å². The van der Waals surface area contributed by atoms with Gasteiger partial charge >= 0.3 is 0 Å². The second kappa shape index (κ2) is 10.3. The summed E-state index contributed by atoms with van der Waals surface area (Å²) in [6.45, 7) is 4.50. The third-order valence-corrected chi connectivity index (χ3v) is 7.46. The van der Waals surface area contributed by atoms with Gasteiger partial charge in [-0.1, -0.05) is 48.2 Å². The SMILES string of the molecule is COc1ccc(/C=C/C(=O)c2ccc3c(c2)Nc2ccccc2S3)cc1COc1cccc(C)c1C. The van der Waals surface area contributed by atoms with Gasteiger partial charge in [0.05, 0.1) is 18.5 Å². The van der Waals surface area contributed by atoms with E-state index in [1.54, 1.807) is 24.9 Å². The van der Waals surface area contributed by atoms with Crippen LogP contribution in [0.1, 0.15) is 32.6 Å². The summed E-state index contributed by atoms with van der Waals surface area (Å²) in [7, 11) is 1.65. The summed E-state index contributed by atoms with van der Waals surface area (Å²) in [5.74, 6) is 1.56. The van der Waals surface area contributed by atoms with Crippen LogP contribution in [0.3, 0.4) is 0 Å². The van der Waals surface area contributed by atoms with Gasteiger partial charge in [-0.2, -0.15) is 0 Å². The number of hydrogen-bond acceptors (Lipinski definition) is 5. The van der Waals surface area contributed by atoms with Crippen LogP contribution in [-0.2, 0) is 6.61 Å². The number of carbonyl (C=O) groups is 1. The Morgan fingerprint density at radius 3 is 2.58 bits per heavy atom. The number of hydrogen-bond donors (Lipinski definition) is 1. The summed E-state index contributed by atoms with van der Waals surface area (Å²) in [6, 6.07) is 25.8. The number of carbonyl (C=O) groups excluding carboxylic acids is 1. The fourth-order valence-corrected chi connectivity index (χ4v) is 5.08. The summed E-state index contributed by atoms with van der Waals surface area (Å²) < 4.78 is 11.6. The average molecular weight is 494 g/mol. The molecule has 1 aliphatic heterocycles. The zero-order chi connectivity index (χ0) is 25.1. The number of aryl methyl sites for hydroxylation is 1. The number of rotatable bonds is 7. The standard InChI is InChI=1S/C31H27NO3S/c1-20-7-6-9-28(21(20)2)35-19-24-17-22(12-15-29(24)34-3)11-14-27(33)23-13-16-31-26(18-23)32-25-8-4-5-10-30(25)36-31/h4-18,32H,19H2,1-3H3/b14-11+. The van der Waals surface area contributed by atoms with Crippen LogP contribution in [0.2, 0.25) is 0 Å². The number of methoxy groups -OCH3 is 1. The minimum atomic E-state index is -0.0486. The Bertz CT molecular complexity index is 1470. The largest absolute Gasteiger partial charge is 0.496 e. The lowest BCUT2D eigenvalue weighted by Gasteiger charge is -2.20. The monoisotopic (exact) mass is 493 g/mol. The van der Waals surface area contributed by atoms with Crippen molar-refractivity contribution in [2.75, 3.05) is 12.4 Å². The molecule has 180 valence electrons. The van der Waals surface area contributed by atoms with Crippen LogP contribution in [0, 0.1) is 13.8 Å². The van der Waals surface area contributed by atoms with Crippen LogP contribution in [0.15, 0.2) is 94.7 Å². The number of ether oxygens (including phenoxy) is 2. The molecule has 4 nitrogen and oxygen atoms in total. The molecule has 5 heteroatoms. The zero-order valence-corrected chi connectivity index (χ0v) is 21.3. The number of nitrogens with one attached hydrogen (secondary N) is 1. The number of benzene rings is 4. The lowest BCUT2D eigenvalue weighted by Crippen LogP contribution is -2.02. The highest BCUT2D eigenvalue weighted by Crippen LogP contribution is 2.44. The Balaban J connectivity index is 1.31. The van der Waals surface area contributed by atoms with E-state index in [9.17, 15) is 4.79 Å². The summed E-state index contributed by atoms with van der Waals surface area (Å²) in [5, 5.41) is 3.44. The third-order valence-electron chi connectivity index (χ3n) is 6.31. The quantitative estimate of drug-likeness (QED) is 0.184. The molecule has 4 aromatic carbocycles. The van der Waals surface area contributed by atoms with Crippen LogP contribution in [-0.4, -0.2) is 12.9 Å². The number of para-hydroxylation sites is 1. The maximum Gasteiger partial charge on any atom is 0.185 e. The first kappa shape index (κ1) is 23.8. The Hall–Kier alpha value is -3.96. The van der Waals surface area contributed by atoms with Gasteiger partial charge in [0.1, 0.15) is 18.1 Å². The van der Waals surface area contributed by atoms with Gasteiger partial charge in [-0.25, -0.2) is 0 Å². The fraction of sp³-hybridized carbons (Fsp3) is 0.129. The van der Waals surface area contributed by atoms with E-state index in [2.05, 4.69) is 31.3 Å².